The van der Waals surface area contributed by atoms with Crippen molar-refractivity contribution < 1.29 is 9.53 Å². The first-order valence-corrected chi connectivity index (χ1v) is 9.85. The Bertz CT molecular complexity index is 536. The van der Waals surface area contributed by atoms with Gasteiger partial charge >= 0.3 is 0 Å². The summed E-state index contributed by atoms with van der Waals surface area (Å²) in [5, 5.41) is 0. The van der Waals surface area contributed by atoms with Crippen LogP contribution in [0.1, 0.15) is 51.4 Å². The van der Waals surface area contributed by atoms with Gasteiger partial charge in [-0.05, 0) is 75.3 Å². The summed E-state index contributed by atoms with van der Waals surface area (Å²) in [5.74, 6) is 2.15. The number of benzene rings is 1. The Hall–Kier alpha value is -1.55. The number of hydrogen-bond donors (Lipinski definition) is 1. The van der Waals surface area contributed by atoms with E-state index in [0.29, 0.717) is 17.9 Å². The zero-order chi connectivity index (χ0) is 17.6. The van der Waals surface area contributed by atoms with Crippen LogP contribution in [-0.2, 0) is 4.79 Å². The maximum absolute atomic E-state index is 12.6. The molecular weight excluding hydrogens is 312 g/mol. The van der Waals surface area contributed by atoms with Gasteiger partial charge in [0, 0.05) is 13.1 Å². The van der Waals surface area contributed by atoms with Crippen LogP contribution in [0.5, 0.6) is 5.75 Å². The number of para-hydroxylation sites is 1. The minimum Gasteiger partial charge on any atom is -0.494 e. The van der Waals surface area contributed by atoms with E-state index in [1.165, 1.54) is 6.42 Å². The van der Waals surface area contributed by atoms with Gasteiger partial charge in [0.25, 0.3) is 0 Å². The molecule has 0 radical (unpaired) electrons. The summed E-state index contributed by atoms with van der Waals surface area (Å²) in [6.07, 6.45) is 9.09. The highest BCUT2D eigenvalue weighted by Gasteiger charge is 2.34. The van der Waals surface area contributed by atoms with Crippen LogP contribution >= 0.6 is 0 Å². The normalized spacial score (nSPS) is 25.0. The van der Waals surface area contributed by atoms with Crippen molar-refractivity contribution in [2.75, 3.05) is 13.7 Å². The van der Waals surface area contributed by atoms with Crippen molar-refractivity contribution in [3.8, 4) is 5.75 Å². The Labute approximate surface area is 151 Å². The Kier molecular flexibility index (Phi) is 6.35. The van der Waals surface area contributed by atoms with Crippen LogP contribution in [0.15, 0.2) is 30.3 Å². The molecule has 4 nitrogen and oxygen atoms in total. The van der Waals surface area contributed by atoms with Crippen molar-refractivity contribution in [1.29, 1.82) is 0 Å². The van der Waals surface area contributed by atoms with Crippen LogP contribution in [0, 0.1) is 11.8 Å². The highest BCUT2D eigenvalue weighted by molar-refractivity contribution is 5.82. The summed E-state index contributed by atoms with van der Waals surface area (Å²) >= 11 is 0. The fourth-order valence-corrected chi connectivity index (χ4v) is 4.09. The number of rotatable bonds is 7. The quantitative estimate of drug-likeness (QED) is 0.822. The molecular formula is C21H32N2O2. The standard InChI is InChI=1S/C21H32N2O2/c1-23(18-6-5-7-18)21(24)20(22)17-12-10-16(11-13-17)14-15-25-19-8-3-2-4-9-19/h2-4,8-9,16-18,20H,5-7,10-15,22H2,1H3/t16?,17?,20-/m0/s1. The summed E-state index contributed by atoms with van der Waals surface area (Å²) in [5.41, 5.74) is 6.32. The molecule has 1 aromatic rings. The summed E-state index contributed by atoms with van der Waals surface area (Å²) < 4.78 is 5.81. The second kappa shape index (κ2) is 8.70. The Balaban J connectivity index is 1.37. The summed E-state index contributed by atoms with van der Waals surface area (Å²) in [6.45, 7) is 0.773. The second-order valence-electron chi connectivity index (χ2n) is 7.79. The molecule has 0 heterocycles. The Morgan fingerprint density at radius 1 is 1.16 bits per heavy atom. The molecule has 1 atom stereocenters. The third-order valence-corrected chi connectivity index (χ3v) is 6.19. The predicted molar refractivity (Wildman–Crippen MR) is 100 cm³/mol. The number of nitrogens with two attached hydrogens (primary N) is 1. The third kappa shape index (κ3) is 4.75. The number of carbonyl (C=O) groups excluding carboxylic acids is 1. The Morgan fingerprint density at radius 3 is 2.44 bits per heavy atom. The number of carbonyl (C=O) groups is 1. The smallest absolute Gasteiger partial charge is 0.239 e. The number of amides is 1. The SMILES string of the molecule is CN(C(=O)[C@@H](N)C1CCC(CCOc2ccccc2)CC1)C1CCC1. The first kappa shape index (κ1) is 18.2. The molecule has 0 saturated heterocycles. The highest BCUT2D eigenvalue weighted by Crippen LogP contribution is 2.33. The van der Waals surface area contributed by atoms with Crippen molar-refractivity contribution in [2.45, 2.75) is 63.5 Å². The van der Waals surface area contributed by atoms with Gasteiger partial charge in [-0.1, -0.05) is 18.2 Å². The average Bonchev–Trinajstić information content (AvgIpc) is 2.60. The molecule has 0 aromatic heterocycles. The predicted octanol–water partition coefficient (Wildman–Crippen LogP) is 3.60. The molecule has 2 N–H and O–H groups in total. The fourth-order valence-electron chi connectivity index (χ4n) is 4.09. The summed E-state index contributed by atoms with van der Waals surface area (Å²) in [4.78, 5) is 14.5. The summed E-state index contributed by atoms with van der Waals surface area (Å²) in [7, 11) is 1.93. The van der Waals surface area contributed by atoms with Gasteiger partial charge in [0.1, 0.15) is 5.75 Å². The minimum absolute atomic E-state index is 0.153. The molecule has 0 bridgehead atoms. The molecule has 2 saturated carbocycles. The first-order chi connectivity index (χ1) is 12.1. The molecule has 0 aliphatic heterocycles. The van der Waals surface area contributed by atoms with E-state index in [-0.39, 0.29) is 11.9 Å². The lowest BCUT2D eigenvalue weighted by Crippen LogP contribution is -2.52. The minimum atomic E-state index is -0.313. The molecule has 2 fully saturated rings. The number of likely N-dealkylation sites (N-methyl/N-ethyl adjacent to an activating group) is 1. The van der Waals surface area contributed by atoms with E-state index < -0.39 is 0 Å². The monoisotopic (exact) mass is 344 g/mol. The van der Waals surface area contributed by atoms with Gasteiger partial charge in [-0.25, -0.2) is 0 Å². The average molecular weight is 344 g/mol. The van der Waals surface area contributed by atoms with Crippen LogP contribution in [0.2, 0.25) is 0 Å². The molecule has 4 heteroatoms. The van der Waals surface area contributed by atoms with E-state index in [4.69, 9.17) is 10.5 Å². The van der Waals surface area contributed by atoms with Crippen LogP contribution < -0.4 is 10.5 Å². The van der Waals surface area contributed by atoms with Crippen LogP contribution in [0.25, 0.3) is 0 Å². The van der Waals surface area contributed by atoms with E-state index in [1.807, 2.05) is 42.3 Å². The lowest BCUT2D eigenvalue weighted by molar-refractivity contribution is -0.136. The van der Waals surface area contributed by atoms with E-state index >= 15 is 0 Å². The molecule has 0 unspecified atom stereocenters. The molecule has 1 amide bonds. The molecule has 2 aliphatic carbocycles. The van der Waals surface area contributed by atoms with Crippen LogP contribution in [-0.4, -0.2) is 36.5 Å². The van der Waals surface area contributed by atoms with E-state index in [9.17, 15) is 4.79 Å². The van der Waals surface area contributed by atoms with Crippen LogP contribution in [0.3, 0.4) is 0 Å². The zero-order valence-corrected chi connectivity index (χ0v) is 15.4. The van der Waals surface area contributed by atoms with Crippen molar-refractivity contribution in [1.82, 2.24) is 4.90 Å². The topological polar surface area (TPSA) is 55.6 Å². The molecule has 138 valence electrons. The van der Waals surface area contributed by atoms with E-state index in [1.54, 1.807) is 0 Å². The molecule has 0 spiro atoms. The van der Waals surface area contributed by atoms with Crippen molar-refractivity contribution in [3.05, 3.63) is 30.3 Å². The van der Waals surface area contributed by atoms with Gasteiger partial charge in [0.05, 0.1) is 12.6 Å². The number of nitrogens with zero attached hydrogens (tertiary/aromatic N) is 1. The van der Waals surface area contributed by atoms with Gasteiger partial charge in [0.15, 0.2) is 0 Å². The lowest BCUT2D eigenvalue weighted by atomic mass is 9.77. The van der Waals surface area contributed by atoms with Crippen molar-refractivity contribution >= 4 is 5.91 Å². The van der Waals surface area contributed by atoms with Gasteiger partial charge in [-0.15, -0.1) is 0 Å². The first-order valence-electron chi connectivity index (χ1n) is 9.85. The maximum Gasteiger partial charge on any atom is 0.239 e. The van der Waals surface area contributed by atoms with Gasteiger partial charge in [-0.3, -0.25) is 4.79 Å². The highest BCUT2D eigenvalue weighted by atomic mass is 16.5. The summed E-state index contributed by atoms with van der Waals surface area (Å²) in [6, 6.07) is 10.1. The van der Waals surface area contributed by atoms with E-state index in [2.05, 4.69) is 0 Å². The zero-order valence-electron chi connectivity index (χ0n) is 15.4. The van der Waals surface area contributed by atoms with Crippen molar-refractivity contribution in [2.24, 2.45) is 17.6 Å². The van der Waals surface area contributed by atoms with Gasteiger partial charge in [0.2, 0.25) is 5.91 Å². The number of ether oxygens (including phenoxy) is 1. The maximum atomic E-state index is 12.6. The molecule has 2 aliphatic rings. The molecule has 25 heavy (non-hydrogen) atoms. The van der Waals surface area contributed by atoms with Crippen molar-refractivity contribution in [3.63, 3.8) is 0 Å². The fraction of sp³-hybridized carbons (Fsp3) is 0.667. The van der Waals surface area contributed by atoms with Gasteiger partial charge < -0.3 is 15.4 Å². The lowest BCUT2D eigenvalue weighted by Gasteiger charge is -2.38. The molecule has 1 aromatic carbocycles. The van der Waals surface area contributed by atoms with Gasteiger partial charge in [-0.2, -0.15) is 0 Å². The van der Waals surface area contributed by atoms with Crippen LogP contribution in [0.4, 0.5) is 0 Å². The Morgan fingerprint density at radius 2 is 1.84 bits per heavy atom. The second-order valence-corrected chi connectivity index (χ2v) is 7.79. The van der Waals surface area contributed by atoms with E-state index in [0.717, 1.165) is 57.3 Å². The molecule has 3 rings (SSSR count). The largest absolute Gasteiger partial charge is 0.494 e. The number of hydrogen-bond acceptors (Lipinski definition) is 3. The third-order valence-electron chi connectivity index (χ3n) is 6.19.